The monoisotopic (exact) mass is 336 g/mol. The highest BCUT2D eigenvalue weighted by Crippen LogP contribution is 2.51. The second-order valence-electron chi connectivity index (χ2n) is 8.34. The van der Waals surface area contributed by atoms with Gasteiger partial charge in [-0.15, -0.1) is 5.10 Å². The molecule has 2 aromatic rings. The molecular weight excluding hydrogens is 308 g/mol. The van der Waals surface area contributed by atoms with Gasteiger partial charge in [0.1, 0.15) is 0 Å². The molecule has 3 aliphatic rings. The molecule has 2 heterocycles. The van der Waals surface area contributed by atoms with Gasteiger partial charge in [0.2, 0.25) is 5.95 Å². The first-order valence-corrected chi connectivity index (χ1v) is 10.1. The number of anilines is 1. The molecule has 1 N–H and O–H groups in total. The Hall–Kier alpha value is -1.84. The van der Waals surface area contributed by atoms with E-state index in [0.29, 0.717) is 6.04 Å². The van der Waals surface area contributed by atoms with E-state index in [-0.39, 0.29) is 5.54 Å². The second-order valence-corrected chi connectivity index (χ2v) is 8.34. The van der Waals surface area contributed by atoms with Gasteiger partial charge in [-0.2, -0.15) is 4.98 Å². The number of benzene rings is 1. The van der Waals surface area contributed by atoms with Crippen LogP contribution in [0.4, 0.5) is 5.95 Å². The van der Waals surface area contributed by atoms with Crippen LogP contribution in [0.5, 0.6) is 0 Å². The maximum Gasteiger partial charge on any atom is 0.222 e. The standard InChI is InChI=1S/C21H28N4/c1-15-9-11-16(12-10-15)19-23-20-22-18-8-4-3-7-17(18)21(25(20)24-19)13-5-2-6-14-21/h9-12,17-18H,2-8,13-14H2,1H3,(H,22,23,24)/t17-,18+/m1/s1. The van der Waals surface area contributed by atoms with E-state index in [2.05, 4.69) is 41.2 Å². The van der Waals surface area contributed by atoms with Gasteiger partial charge in [0.15, 0.2) is 5.82 Å². The van der Waals surface area contributed by atoms with E-state index in [1.54, 1.807) is 0 Å². The van der Waals surface area contributed by atoms with E-state index >= 15 is 0 Å². The van der Waals surface area contributed by atoms with Crippen molar-refractivity contribution in [2.75, 3.05) is 5.32 Å². The largest absolute Gasteiger partial charge is 0.351 e. The van der Waals surface area contributed by atoms with Crippen LogP contribution in [0.2, 0.25) is 0 Å². The number of hydrogen-bond donors (Lipinski definition) is 1. The first-order valence-electron chi connectivity index (χ1n) is 10.1. The van der Waals surface area contributed by atoms with Gasteiger partial charge in [-0.1, -0.05) is 61.9 Å². The summed E-state index contributed by atoms with van der Waals surface area (Å²) < 4.78 is 2.31. The molecule has 0 unspecified atom stereocenters. The molecule has 25 heavy (non-hydrogen) atoms. The molecule has 0 amide bonds. The molecule has 2 saturated carbocycles. The van der Waals surface area contributed by atoms with Gasteiger partial charge >= 0.3 is 0 Å². The molecule has 0 saturated heterocycles. The third kappa shape index (κ3) is 2.41. The molecule has 2 atom stereocenters. The number of nitrogens with one attached hydrogen (secondary N) is 1. The maximum atomic E-state index is 5.06. The molecular formula is C21H28N4. The Labute approximate surface area is 150 Å². The highest BCUT2D eigenvalue weighted by molar-refractivity contribution is 5.57. The van der Waals surface area contributed by atoms with Gasteiger partial charge in [0, 0.05) is 17.5 Å². The summed E-state index contributed by atoms with van der Waals surface area (Å²) in [5.41, 5.74) is 2.61. The SMILES string of the molecule is Cc1ccc(-c2nc3n(n2)C2(CCCCC2)[C@@H]2CCCC[C@@H]2N3)cc1. The lowest BCUT2D eigenvalue weighted by molar-refractivity contribution is 0.0455. The van der Waals surface area contributed by atoms with Crippen molar-refractivity contribution >= 4 is 5.95 Å². The lowest BCUT2D eigenvalue weighted by Gasteiger charge is -2.52. The van der Waals surface area contributed by atoms with E-state index in [4.69, 9.17) is 10.1 Å². The van der Waals surface area contributed by atoms with Crippen LogP contribution in [0, 0.1) is 12.8 Å². The molecule has 1 aromatic carbocycles. The van der Waals surface area contributed by atoms with Crippen molar-refractivity contribution in [3.63, 3.8) is 0 Å². The van der Waals surface area contributed by atoms with Crippen LogP contribution in [0.15, 0.2) is 24.3 Å². The Morgan fingerprint density at radius 3 is 2.56 bits per heavy atom. The summed E-state index contributed by atoms with van der Waals surface area (Å²) in [4.78, 5) is 4.93. The van der Waals surface area contributed by atoms with Crippen molar-refractivity contribution in [3.05, 3.63) is 29.8 Å². The average Bonchev–Trinajstić information content (AvgIpc) is 3.08. The summed E-state index contributed by atoms with van der Waals surface area (Å²) in [6.45, 7) is 2.12. The average molecular weight is 336 g/mol. The lowest BCUT2D eigenvalue weighted by Crippen LogP contribution is -2.55. The van der Waals surface area contributed by atoms with Crippen LogP contribution in [-0.4, -0.2) is 20.8 Å². The van der Waals surface area contributed by atoms with Crippen LogP contribution in [0.25, 0.3) is 11.4 Å². The molecule has 132 valence electrons. The second kappa shape index (κ2) is 5.86. The summed E-state index contributed by atoms with van der Waals surface area (Å²) >= 11 is 0. The zero-order chi connectivity index (χ0) is 16.9. The fourth-order valence-electron chi connectivity index (χ4n) is 5.56. The molecule has 2 fully saturated rings. The number of nitrogens with zero attached hydrogens (tertiary/aromatic N) is 3. The zero-order valence-electron chi connectivity index (χ0n) is 15.2. The third-order valence-corrected chi connectivity index (χ3v) is 6.83. The first kappa shape index (κ1) is 15.4. The van der Waals surface area contributed by atoms with Crippen molar-refractivity contribution < 1.29 is 0 Å². The van der Waals surface area contributed by atoms with E-state index in [9.17, 15) is 0 Å². The highest BCUT2D eigenvalue weighted by atomic mass is 15.5. The predicted molar refractivity (Wildman–Crippen MR) is 101 cm³/mol. The minimum Gasteiger partial charge on any atom is -0.351 e. The number of aryl methyl sites for hydroxylation is 1. The Morgan fingerprint density at radius 1 is 1.00 bits per heavy atom. The number of rotatable bonds is 1. The van der Waals surface area contributed by atoms with Gasteiger partial charge in [-0.25, -0.2) is 4.68 Å². The zero-order valence-corrected chi connectivity index (χ0v) is 15.2. The molecule has 0 bridgehead atoms. The minimum absolute atomic E-state index is 0.208. The van der Waals surface area contributed by atoms with Gasteiger partial charge < -0.3 is 5.32 Å². The Morgan fingerprint density at radius 2 is 1.76 bits per heavy atom. The molecule has 2 aliphatic carbocycles. The van der Waals surface area contributed by atoms with Crippen LogP contribution in [0.3, 0.4) is 0 Å². The topological polar surface area (TPSA) is 42.7 Å². The lowest BCUT2D eigenvalue weighted by atomic mass is 9.64. The fraction of sp³-hybridized carbons (Fsp3) is 0.619. The van der Waals surface area contributed by atoms with Crippen LogP contribution in [0.1, 0.15) is 63.4 Å². The summed E-state index contributed by atoms with van der Waals surface area (Å²) in [5, 5.41) is 8.82. The third-order valence-electron chi connectivity index (χ3n) is 6.83. The Bertz CT molecular complexity index is 755. The molecule has 4 nitrogen and oxygen atoms in total. The quantitative estimate of drug-likeness (QED) is 0.805. The van der Waals surface area contributed by atoms with E-state index in [1.165, 1.54) is 63.4 Å². The van der Waals surface area contributed by atoms with E-state index in [1.807, 2.05) is 0 Å². The first-order chi connectivity index (χ1) is 12.3. The van der Waals surface area contributed by atoms with Crippen molar-refractivity contribution in [1.82, 2.24) is 14.8 Å². The summed E-state index contributed by atoms with van der Waals surface area (Å²) in [5.74, 6) is 2.62. The van der Waals surface area contributed by atoms with Crippen molar-refractivity contribution in [1.29, 1.82) is 0 Å². The van der Waals surface area contributed by atoms with Gasteiger partial charge in [-0.05, 0) is 32.6 Å². The van der Waals surface area contributed by atoms with Crippen molar-refractivity contribution in [2.45, 2.75) is 76.3 Å². The van der Waals surface area contributed by atoms with Gasteiger partial charge in [-0.3, -0.25) is 0 Å². The van der Waals surface area contributed by atoms with Crippen LogP contribution < -0.4 is 5.32 Å². The maximum absolute atomic E-state index is 5.06. The summed E-state index contributed by atoms with van der Waals surface area (Å²) in [6, 6.07) is 9.20. The van der Waals surface area contributed by atoms with Crippen molar-refractivity contribution in [2.24, 2.45) is 5.92 Å². The number of aromatic nitrogens is 3. The number of fused-ring (bicyclic) bond motifs is 4. The molecule has 1 aromatic heterocycles. The molecule has 1 aliphatic heterocycles. The van der Waals surface area contributed by atoms with Gasteiger partial charge in [0.25, 0.3) is 0 Å². The predicted octanol–water partition coefficient (Wildman–Crippen LogP) is 4.90. The minimum atomic E-state index is 0.208. The summed E-state index contributed by atoms with van der Waals surface area (Å²) in [7, 11) is 0. The fourth-order valence-corrected chi connectivity index (χ4v) is 5.56. The molecule has 0 radical (unpaired) electrons. The van der Waals surface area contributed by atoms with Crippen molar-refractivity contribution in [3.8, 4) is 11.4 Å². The normalized spacial score (nSPS) is 27.4. The van der Waals surface area contributed by atoms with Crippen LogP contribution >= 0.6 is 0 Å². The number of hydrogen-bond acceptors (Lipinski definition) is 3. The molecule has 5 rings (SSSR count). The Kier molecular flexibility index (Phi) is 3.61. The molecule has 1 spiro atoms. The highest BCUT2D eigenvalue weighted by Gasteiger charge is 2.51. The van der Waals surface area contributed by atoms with Gasteiger partial charge in [0.05, 0.1) is 5.54 Å². The van der Waals surface area contributed by atoms with E-state index < -0.39 is 0 Å². The van der Waals surface area contributed by atoms with E-state index in [0.717, 1.165) is 23.3 Å². The smallest absolute Gasteiger partial charge is 0.222 e. The molecule has 4 heteroatoms. The summed E-state index contributed by atoms with van der Waals surface area (Å²) in [6.07, 6.45) is 12.0. The van der Waals surface area contributed by atoms with Crippen LogP contribution in [-0.2, 0) is 5.54 Å². The Balaban J connectivity index is 1.61.